The number of nitrogens with one attached hydrogen (secondary N) is 2. The van der Waals surface area contributed by atoms with Gasteiger partial charge in [-0.25, -0.2) is 4.79 Å². The van der Waals surface area contributed by atoms with E-state index in [1.54, 1.807) is 25.1 Å². The van der Waals surface area contributed by atoms with Crippen LogP contribution in [0.25, 0.3) is 0 Å². The van der Waals surface area contributed by atoms with E-state index in [1.807, 2.05) is 39.0 Å². The average molecular weight is 428 g/mol. The van der Waals surface area contributed by atoms with Gasteiger partial charge in [-0.3, -0.25) is 0 Å². The monoisotopic (exact) mass is 427 g/mol. The Morgan fingerprint density at radius 2 is 1.67 bits per heavy atom. The molecule has 0 unspecified atom stereocenters. The van der Waals surface area contributed by atoms with Crippen LogP contribution in [0.3, 0.4) is 0 Å². The molecule has 2 N–H and O–H groups in total. The molecule has 3 rings (SSSR count). The number of aryl methyl sites for hydroxylation is 2. The molecule has 158 valence electrons. The topological polar surface area (TPSA) is 96.9 Å². The molecule has 0 spiro atoms. The minimum absolute atomic E-state index is 0.0617. The standard InChI is InChI=1S/C22H25N3O4S/c1-5-17-20(22(26)29-6-2)21(24-19-10-8-7-9-18(19)23-17)25-30(27,28)16-12-11-14(3)15(4)13-16/h7-13,23H,5-6H2,1-4H3,(H,24,25). The fourth-order valence-corrected chi connectivity index (χ4v) is 4.11. The number of rotatable bonds is 5. The van der Waals surface area contributed by atoms with Gasteiger partial charge >= 0.3 is 5.97 Å². The van der Waals surface area contributed by atoms with Gasteiger partial charge in [-0.05, 0) is 62.6 Å². The third-order valence-electron chi connectivity index (χ3n) is 4.83. The summed E-state index contributed by atoms with van der Waals surface area (Å²) in [6.45, 7) is 7.46. The van der Waals surface area contributed by atoms with Crippen molar-refractivity contribution in [3.05, 3.63) is 64.9 Å². The van der Waals surface area contributed by atoms with Gasteiger partial charge in [-0.15, -0.1) is 4.40 Å². The van der Waals surface area contributed by atoms with Crippen molar-refractivity contribution in [1.29, 1.82) is 0 Å². The normalized spacial score (nSPS) is 15.1. The van der Waals surface area contributed by atoms with Crippen LogP contribution >= 0.6 is 0 Å². The zero-order valence-electron chi connectivity index (χ0n) is 17.4. The third-order valence-corrected chi connectivity index (χ3v) is 6.10. The Morgan fingerprint density at radius 1 is 1.00 bits per heavy atom. The molecule has 0 fully saturated rings. The van der Waals surface area contributed by atoms with Gasteiger partial charge in [0.15, 0.2) is 5.84 Å². The van der Waals surface area contributed by atoms with Crippen LogP contribution in [0, 0.1) is 13.8 Å². The van der Waals surface area contributed by atoms with Gasteiger partial charge in [0, 0.05) is 5.70 Å². The molecular weight excluding hydrogens is 402 g/mol. The van der Waals surface area contributed by atoms with E-state index in [-0.39, 0.29) is 22.9 Å². The molecule has 1 aliphatic rings. The second-order valence-corrected chi connectivity index (χ2v) is 8.49. The van der Waals surface area contributed by atoms with E-state index < -0.39 is 16.0 Å². The highest BCUT2D eigenvalue weighted by Gasteiger charge is 2.28. The number of sulfonamides is 1. The summed E-state index contributed by atoms with van der Waals surface area (Å²) in [6.07, 6.45) is 0.451. The first-order chi connectivity index (χ1) is 14.3. The number of carbonyl (C=O) groups is 1. The molecule has 2 aromatic rings. The maximum Gasteiger partial charge on any atom is 0.343 e. The number of hydrogen-bond donors (Lipinski definition) is 2. The molecule has 0 aromatic heterocycles. The first kappa shape index (κ1) is 21.6. The van der Waals surface area contributed by atoms with Crippen molar-refractivity contribution in [2.45, 2.75) is 39.0 Å². The van der Waals surface area contributed by atoms with Crippen LogP contribution in [-0.2, 0) is 19.6 Å². The molecule has 0 amide bonds. The maximum atomic E-state index is 13.1. The maximum absolute atomic E-state index is 13.1. The molecule has 0 bridgehead atoms. The summed E-state index contributed by atoms with van der Waals surface area (Å²) < 4.78 is 35.4. The summed E-state index contributed by atoms with van der Waals surface area (Å²) in [6, 6.07) is 12.1. The highest BCUT2D eigenvalue weighted by Crippen LogP contribution is 2.30. The van der Waals surface area contributed by atoms with Crippen LogP contribution in [0.15, 0.2) is 63.0 Å². The minimum atomic E-state index is -4.08. The second-order valence-electron chi connectivity index (χ2n) is 6.88. The molecule has 0 aliphatic carbocycles. The largest absolute Gasteiger partial charge is 0.462 e. The Kier molecular flexibility index (Phi) is 6.26. The van der Waals surface area contributed by atoms with Crippen LogP contribution in [0.1, 0.15) is 31.4 Å². The van der Waals surface area contributed by atoms with Crippen molar-refractivity contribution < 1.29 is 17.9 Å². The van der Waals surface area contributed by atoms with Crippen LogP contribution in [0.2, 0.25) is 0 Å². The second kappa shape index (κ2) is 8.71. The lowest BCUT2D eigenvalue weighted by Crippen LogP contribution is -2.25. The van der Waals surface area contributed by atoms with Crippen molar-refractivity contribution in [3.63, 3.8) is 0 Å². The Hall–Kier alpha value is -3.13. The SMILES string of the molecule is CCOC(=O)C1=C(CC)Nc2ccccc2NC1=NS(=O)(=O)c1ccc(C)c(C)c1. The minimum Gasteiger partial charge on any atom is -0.462 e. The lowest BCUT2D eigenvalue weighted by molar-refractivity contribution is -0.137. The predicted molar refractivity (Wildman–Crippen MR) is 118 cm³/mol. The molecule has 0 atom stereocenters. The zero-order chi connectivity index (χ0) is 21.9. The van der Waals surface area contributed by atoms with Crippen molar-refractivity contribution in [3.8, 4) is 0 Å². The van der Waals surface area contributed by atoms with Crippen molar-refractivity contribution >= 4 is 33.2 Å². The van der Waals surface area contributed by atoms with Crippen LogP contribution in [0.4, 0.5) is 11.4 Å². The van der Waals surface area contributed by atoms with Crippen LogP contribution in [-0.4, -0.2) is 26.8 Å². The fourth-order valence-electron chi connectivity index (χ4n) is 3.06. The molecule has 7 nitrogen and oxygen atoms in total. The quantitative estimate of drug-likeness (QED) is 0.696. The number of anilines is 2. The summed E-state index contributed by atoms with van der Waals surface area (Å²) in [5.74, 6) is -0.711. The number of hydrogen-bond acceptors (Lipinski definition) is 5. The summed E-state index contributed by atoms with van der Waals surface area (Å²) in [4.78, 5) is 12.8. The number of allylic oxidation sites excluding steroid dienone is 1. The molecule has 2 aromatic carbocycles. The van der Waals surface area contributed by atoms with E-state index in [2.05, 4.69) is 15.0 Å². The first-order valence-electron chi connectivity index (χ1n) is 9.72. The molecular formula is C22H25N3O4S. The average Bonchev–Trinajstić information content (AvgIpc) is 2.85. The van der Waals surface area contributed by atoms with Gasteiger partial charge in [0.1, 0.15) is 5.57 Å². The number of benzene rings is 2. The van der Waals surface area contributed by atoms with Gasteiger partial charge in [0.05, 0.1) is 22.9 Å². The van der Waals surface area contributed by atoms with E-state index in [0.29, 0.717) is 23.5 Å². The molecule has 1 aliphatic heterocycles. The summed E-state index contributed by atoms with van der Waals surface area (Å²) in [5.41, 5.74) is 3.74. The fraction of sp³-hybridized carbons (Fsp3) is 0.273. The van der Waals surface area contributed by atoms with Gasteiger partial charge < -0.3 is 15.4 Å². The lowest BCUT2D eigenvalue weighted by Gasteiger charge is -2.13. The number of esters is 1. The number of amidine groups is 1. The van der Waals surface area contributed by atoms with E-state index in [4.69, 9.17) is 4.74 Å². The predicted octanol–water partition coefficient (Wildman–Crippen LogP) is 4.16. The lowest BCUT2D eigenvalue weighted by atomic mass is 10.1. The summed E-state index contributed by atoms with van der Waals surface area (Å²) in [7, 11) is -4.08. The highest BCUT2D eigenvalue weighted by molar-refractivity contribution is 7.90. The number of para-hydroxylation sites is 2. The van der Waals surface area contributed by atoms with E-state index >= 15 is 0 Å². The van der Waals surface area contributed by atoms with Gasteiger partial charge in [-0.1, -0.05) is 25.1 Å². The molecule has 30 heavy (non-hydrogen) atoms. The number of nitrogens with zero attached hydrogens (tertiary/aromatic N) is 1. The van der Waals surface area contributed by atoms with Crippen molar-refractivity contribution in [1.82, 2.24) is 0 Å². The van der Waals surface area contributed by atoms with Crippen LogP contribution in [0.5, 0.6) is 0 Å². The number of fused-ring (bicyclic) bond motifs is 1. The Morgan fingerprint density at radius 3 is 2.27 bits per heavy atom. The van der Waals surface area contributed by atoms with E-state index in [0.717, 1.165) is 11.1 Å². The number of ether oxygens (including phenoxy) is 1. The smallest absolute Gasteiger partial charge is 0.343 e. The molecule has 0 saturated heterocycles. The first-order valence-corrected chi connectivity index (χ1v) is 11.2. The van der Waals surface area contributed by atoms with E-state index in [1.165, 1.54) is 6.07 Å². The third kappa shape index (κ3) is 4.38. The summed E-state index contributed by atoms with van der Waals surface area (Å²) in [5, 5.41) is 6.23. The van der Waals surface area contributed by atoms with E-state index in [9.17, 15) is 13.2 Å². The van der Waals surface area contributed by atoms with Gasteiger partial charge in [0.2, 0.25) is 0 Å². The highest BCUT2D eigenvalue weighted by atomic mass is 32.2. The molecule has 8 heteroatoms. The molecule has 0 radical (unpaired) electrons. The summed E-state index contributed by atoms with van der Waals surface area (Å²) >= 11 is 0. The number of carbonyl (C=O) groups excluding carboxylic acids is 1. The van der Waals surface area contributed by atoms with Crippen molar-refractivity contribution in [2.75, 3.05) is 17.2 Å². The molecule has 0 saturated carbocycles. The Balaban J connectivity index is 2.20. The van der Waals surface area contributed by atoms with Gasteiger partial charge in [0.25, 0.3) is 10.0 Å². The van der Waals surface area contributed by atoms with Crippen molar-refractivity contribution in [2.24, 2.45) is 4.40 Å². The van der Waals surface area contributed by atoms with Gasteiger partial charge in [-0.2, -0.15) is 8.42 Å². The zero-order valence-corrected chi connectivity index (χ0v) is 18.3. The Labute approximate surface area is 176 Å². The van der Waals surface area contributed by atoms with Crippen LogP contribution < -0.4 is 10.6 Å². The Bertz CT molecular complexity index is 1150. The molecule has 1 heterocycles.